The summed E-state index contributed by atoms with van der Waals surface area (Å²) in [5.41, 5.74) is 5.46. The Morgan fingerprint density at radius 2 is 1.04 bits per heavy atom. The van der Waals surface area contributed by atoms with Crippen LogP contribution in [0.4, 0.5) is 0 Å². The Balaban J connectivity index is 3.40. The Morgan fingerprint density at radius 3 is 1.44 bits per heavy atom. The van der Waals surface area contributed by atoms with Crippen LogP contribution in [0.5, 0.6) is 0 Å². The van der Waals surface area contributed by atoms with Gasteiger partial charge < -0.3 is 26.2 Å². The molecule has 4 atom stereocenters. The van der Waals surface area contributed by atoms with Crippen LogP contribution in [0.2, 0.25) is 0 Å². The molecular weight excluding hydrogens is 318 g/mol. The summed E-state index contributed by atoms with van der Waals surface area (Å²) < 4.78 is 0. The zero-order chi connectivity index (χ0) is 18.9. The number of nitrogens with two attached hydrogens (primary N) is 1. The third-order valence-electron chi connectivity index (χ3n) is 5.00. The molecule has 152 valence electrons. The van der Waals surface area contributed by atoms with Crippen molar-refractivity contribution in [1.29, 1.82) is 0 Å². The first-order valence-corrected chi connectivity index (χ1v) is 10.4. The molecule has 0 bridgehead atoms. The van der Waals surface area contributed by atoms with Crippen molar-refractivity contribution in [1.82, 2.24) is 0 Å². The maximum Gasteiger partial charge on any atom is 0.107 e. The average Bonchev–Trinajstić information content (AvgIpc) is 2.63. The minimum Gasteiger partial charge on any atom is -0.395 e. The van der Waals surface area contributed by atoms with Crippen LogP contribution in [-0.4, -0.2) is 51.4 Å². The first-order chi connectivity index (χ1) is 12.0. The third kappa shape index (κ3) is 13.6. The van der Waals surface area contributed by atoms with E-state index in [2.05, 4.69) is 6.92 Å². The molecule has 0 radical (unpaired) electrons. The predicted octanol–water partition coefficient (Wildman–Crippen LogP) is 2.87. The molecule has 0 aromatic carbocycles. The van der Waals surface area contributed by atoms with Crippen molar-refractivity contribution in [3.63, 3.8) is 0 Å². The van der Waals surface area contributed by atoms with Gasteiger partial charge >= 0.3 is 0 Å². The SMILES string of the molecule is CCCCCCCCCCCCCCCC(O)C(O)C(O)C(N)CO. The molecule has 0 aromatic rings. The Labute approximate surface area is 154 Å². The van der Waals surface area contributed by atoms with Gasteiger partial charge in [-0.05, 0) is 6.42 Å². The van der Waals surface area contributed by atoms with E-state index in [1.807, 2.05) is 0 Å². The van der Waals surface area contributed by atoms with Gasteiger partial charge in [0.25, 0.3) is 0 Å². The van der Waals surface area contributed by atoms with Gasteiger partial charge in [0.1, 0.15) is 6.10 Å². The molecule has 0 aliphatic carbocycles. The van der Waals surface area contributed by atoms with Gasteiger partial charge in [0, 0.05) is 0 Å². The summed E-state index contributed by atoms with van der Waals surface area (Å²) in [6.07, 6.45) is 13.3. The van der Waals surface area contributed by atoms with E-state index < -0.39 is 31.0 Å². The summed E-state index contributed by atoms with van der Waals surface area (Å²) >= 11 is 0. The highest BCUT2D eigenvalue weighted by molar-refractivity contribution is 4.82. The third-order valence-corrected chi connectivity index (χ3v) is 5.00. The van der Waals surface area contributed by atoms with Crippen molar-refractivity contribution in [2.45, 2.75) is 121 Å². The van der Waals surface area contributed by atoms with E-state index in [4.69, 9.17) is 10.8 Å². The van der Waals surface area contributed by atoms with Crippen LogP contribution >= 0.6 is 0 Å². The van der Waals surface area contributed by atoms with Crippen LogP contribution in [0.25, 0.3) is 0 Å². The fraction of sp³-hybridized carbons (Fsp3) is 1.00. The standard InChI is InChI=1S/C20H43NO4/c1-2-3-4-5-6-7-8-9-10-11-12-13-14-15-18(23)20(25)19(24)17(21)16-22/h17-20,22-25H,2-16,21H2,1H3. The Hall–Kier alpha value is -0.200. The Kier molecular flexibility index (Phi) is 17.1. The van der Waals surface area contributed by atoms with Gasteiger partial charge in [-0.1, -0.05) is 90.4 Å². The van der Waals surface area contributed by atoms with E-state index in [1.54, 1.807) is 0 Å². The van der Waals surface area contributed by atoms with Crippen LogP contribution in [0.3, 0.4) is 0 Å². The molecule has 0 rings (SSSR count). The minimum absolute atomic E-state index is 0.413. The summed E-state index contributed by atoms with van der Waals surface area (Å²) in [7, 11) is 0. The van der Waals surface area contributed by atoms with Crippen molar-refractivity contribution < 1.29 is 20.4 Å². The number of unbranched alkanes of at least 4 members (excludes halogenated alkanes) is 12. The van der Waals surface area contributed by atoms with E-state index in [9.17, 15) is 15.3 Å². The summed E-state index contributed by atoms with van der Waals surface area (Å²) in [6.45, 7) is 1.84. The number of hydrogen-bond donors (Lipinski definition) is 5. The zero-order valence-corrected chi connectivity index (χ0v) is 16.3. The van der Waals surface area contributed by atoms with E-state index in [0.29, 0.717) is 6.42 Å². The highest BCUT2D eigenvalue weighted by Crippen LogP contribution is 2.15. The number of hydrogen-bond acceptors (Lipinski definition) is 5. The monoisotopic (exact) mass is 361 g/mol. The van der Waals surface area contributed by atoms with Crippen molar-refractivity contribution in [3.05, 3.63) is 0 Å². The molecular formula is C20H43NO4. The fourth-order valence-electron chi connectivity index (χ4n) is 3.13. The second kappa shape index (κ2) is 17.2. The molecule has 4 unspecified atom stereocenters. The molecule has 6 N–H and O–H groups in total. The van der Waals surface area contributed by atoms with Gasteiger partial charge in [-0.3, -0.25) is 0 Å². The van der Waals surface area contributed by atoms with Crippen LogP contribution in [0.15, 0.2) is 0 Å². The molecule has 0 saturated heterocycles. The average molecular weight is 362 g/mol. The lowest BCUT2D eigenvalue weighted by Crippen LogP contribution is -2.49. The van der Waals surface area contributed by atoms with E-state index >= 15 is 0 Å². The smallest absolute Gasteiger partial charge is 0.107 e. The number of aliphatic hydroxyl groups excluding tert-OH is 4. The van der Waals surface area contributed by atoms with Gasteiger partial charge in [0.05, 0.1) is 24.9 Å². The zero-order valence-electron chi connectivity index (χ0n) is 16.3. The van der Waals surface area contributed by atoms with Gasteiger partial charge in [-0.2, -0.15) is 0 Å². The molecule has 0 aromatic heterocycles. The first kappa shape index (κ1) is 24.8. The van der Waals surface area contributed by atoms with Gasteiger partial charge in [0.2, 0.25) is 0 Å². The molecule has 0 saturated carbocycles. The van der Waals surface area contributed by atoms with Crippen LogP contribution in [0.1, 0.15) is 96.8 Å². The second-order valence-electron chi connectivity index (χ2n) is 7.43. The molecule has 0 aliphatic rings. The van der Waals surface area contributed by atoms with Gasteiger partial charge in [0.15, 0.2) is 0 Å². The first-order valence-electron chi connectivity index (χ1n) is 10.4. The molecule has 0 amide bonds. The normalized spacial score (nSPS) is 16.6. The lowest BCUT2D eigenvalue weighted by molar-refractivity contribution is -0.0754. The quantitative estimate of drug-likeness (QED) is 0.241. The van der Waals surface area contributed by atoms with Crippen molar-refractivity contribution in [3.8, 4) is 0 Å². The number of rotatable bonds is 18. The lowest BCUT2D eigenvalue weighted by atomic mass is 9.97. The van der Waals surface area contributed by atoms with Crippen molar-refractivity contribution >= 4 is 0 Å². The minimum atomic E-state index is -1.29. The van der Waals surface area contributed by atoms with Crippen LogP contribution in [-0.2, 0) is 0 Å². The fourth-order valence-corrected chi connectivity index (χ4v) is 3.13. The van der Waals surface area contributed by atoms with E-state index in [-0.39, 0.29) is 0 Å². The van der Waals surface area contributed by atoms with Crippen LogP contribution < -0.4 is 5.73 Å². The summed E-state index contributed by atoms with van der Waals surface area (Å²) in [4.78, 5) is 0. The van der Waals surface area contributed by atoms with E-state index in [0.717, 1.165) is 19.3 Å². The summed E-state index contributed by atoms with van der Waals surface area (Å²) in [5.74, 6) is 0. The van der Waals surface area contributed by atoms with Crippen molar-refractivity contribution in [2.24, 2.45) is 5.73 Å². The van der Waals surface area contributed by atoms with E-state index in [1.165, 1.54) is 64.2 Å². The Morgan fingerprint density at radius 1 is 0.640 bits per heavy atom. The molecule has 0 spiro atoms. The number of aliphatic hydroxyl groups is 4. The lowest BCUT2D eigenvalue weighted by Gasteiger charge is -2.26. The molecule has 0 aliphatic heterocycles. The van der Waals surface area contributed by atoms with Gasteiger partial charge in [-0.15, -0.1) is 0 Å². The topological polar surface area (TPSA) is 107 Å². The molecule has 0 heterocycles. The predicted molar refractivity (Wildman–Crippen MR) is 103 cm³/mol. The van der Waals surface area contributed by atoms with Crippen molar-refractivity contribution in [2.75, 3.05) is 6.61 Å². The second-order valence-corrected chi connectivity index (χ2v) is 7.43. The molecule has 25 heavy (non-hydrogen) atoms. The Bertz CT molecular complexity index is 278. The highest BCUT2D eigenvalue weighted by atomic mass is 16.4. The van der Waals surface area contributed by atoms with Crippen LogP contribution in [0, 0.1) is 0 Å². The molecule has 0 fully saturated rings. The largest absolute Gasteiger partial charge is 0.395 e. The van der Waals surface area contributed by atoms with Gasteiger partial charge in [-0.25, -0.2) is 0 Å². The highest BCUT2D eigenvalue weighted by Gasteiger charge is 2.28. The summed E-state index contributed by atoms with van der Waals surface area (Å²) in [5, 5.41) is 38.2. The maximum atomic E-state index is 9.86. The molecule has 5 heteroatoms. The molecule has 5 nitrogen and oxygen atoms in total. The maximum absolute atomic E-state index is 9.86. The summed E-state index contributed by atoms with van der Waals surface area (Å²) in [6, 6.07) is -0.920.